The molecule has 32 heavy (non-hydrogen) atoms. The molecule has 0 spiro atoms. The Hall–Kier alpha value is -0.380. The van der Waals surface area contributed by atoms with E-state index in [9.17, 15) is 5.11 Å². The van der Waals surface area contributed by atoms with Gasteiger partial charge in [0.1, 0.15) is 6.10 Å². The maximum atomic E-state index is 9.90. The molecule has 0 aromatic rings. The van der Waals surface area contributed by atoms with Gasteiger partial charge in [0, 0.05) is 13.2 Å². The fraction of sp³-hybridized carbons (Fsp3) is 0.931. The molecule has 0 saturated carbocycles. The zero-order valence-corrected chi connectivity index (χ0v) is 22.0. The first-order chi connectivity index (χ1) is 15.8. The summed E-state index contributed by atoms with van der Waals surface area (Å²) in [4.78, 5) is 0. The minimum absolute atomic E-state index is 0.407. The minimum atomic E-state index is -0.480. The molecule has 0 aromatic carbocycles. The average Bonchev–Trinajstić information content (AvgIpc) is 2.80. The third kappa shape index (κ3) is 27.7. The van der Waals surface area contributed by atoms with Crippen LogP contribution in [0.2, 0.25) is 0 Å². The number of aliphatic hydroxyl groups excluding tert-OH is 1. The Morgan fingerprint density at radius 3 is 1.31 bits per heavy atom. The molecule has 0 heterocycles. The standard InChI is InChI=1S/C29H58O3/c1-3-5-7-9-11-12-13-14-15-16-17-18-19-20-22-24-26-32-28-29(30)27-31-25-23-21-10-8-6-4-2/h11-12,29-30H,3-10,13-28H2,1-2H3. The molecule has 0 radical (unpaired) electrons. The van der Waals surface area contributed by atoms with Crippen molar-refractivity contribution in [2.24, 2.45) is 0 Å². The lowest BCUT2D eigenvalue weighted by Gasteiger charge is -2.12. The predicted molar refractivity (Wildman–Crippen MR) is 140 cm³/mol. The van der Waals surface area contributed by atoms with Crippen molar-refractivity contribution in [1.82, 2.24) is 0 Å². The fourth-order valence-corrected chi connectivity index (χ4v) is 3.92. The Morgan fingerprint density at radius 2 is 0.844 bits per heavy atom. The van der Waals surface area contributed by atoms with Crippen molar-refractivity contribution in [3.8, 4) is 0 Å². The first-order valence-electron chi connectivity index (χ1n) is 14.3. The second-order valence-electron chi connectivity index (χ2n) is 9.51. The van der Waals surface area contributed by atoms with Gasteiger partial charge >= 0.3 is 0 Å². The first kappa shape index (κ1) is 31.6. The van der Waals surface area contributed by atoms with Gasteiger partial charge in [-0.05, 0) is 38.5 Å². The molecule has 192 valence electrons. The van der Waals surface area contributed by atoms with Gasteiger partial charge in [-0.1, -0.05) is 116 Å². The molecule has 0 aliphatic carbocycles. The summed E-state index contributed by atoms with van der Waals surface area (Å²) in [5.41, 5.74) is 0. The van der Waals surface area contributed by atoms with Crippen molar-refractivity contribution in [1.29, 1.82) is 0 Å². The normalized spacial score (nSPS) is 12.7. The number of ether oxygens (including phenoxy) is 2. The minimum Gasteiger partial charge on any atom is -0.388 e. The first-order valence-corrected chi connectivity index (χ1v) is 14.3. The van der Waals surface area contributed by atoms with Gasteiger partial charge in [0.15, 0.2) is 0 Å². The quantitative estimate of drug-likeness (QED) is 0.0995. The topological polar surface area (TPSA) is 38.7 Å². The van der Waals surface area contributed by atoms with Crippen molar-refractivity contribution < 1.29 is 14.6 Å². The summed E-state index contributed by atoms with van der Waals surface area (Å²) in [5.74, 6) is 0. The van der Waals surface area contributed by atoms with Crippen molar-refractivity contribution >= 4 is 0 Å². The second-order valence-corrected chi connectivity index (χ2v) is 9.51. The summed E-state index contributed by atoms with van der Waals surface area (Å²) in [6, 6.07) is 0. The van der Waals surface area contributed by atoms with Crippen LogP contribution in [0.5, 0.6) is 0 Å². The van der Waals surface area contributed by atoms with Crippen molar-refractivity contribution in [3.63, 3.8) is 0 Å². The SMILES string of the molecule is CCCCCC=CCCCCCCCCCCCOCC(O)COCCCCCCCC. The van der Waals surface area contributed by atoms with Crippen LogP contribution in [0.25, 0.3) is 0 Å². The van der Waals surface area contributed by atoms with Crippen LogP contribution in [-0.4, -0.2) is 37.6 Å². The number of unbranched alkanes of at least 4 members (excludes halogenated alkanes) is 17. The number of hydrogen-bond donors (Lipinski definition) is 1. The van der Waals surface area contributed by atoms with Gasteiger partial charge in [0.05, 0.1) is 13.2 Å². The molecule has 0 fully saturated rings. The fourth-order valence-electron chi connectivity index (χ4n) is 3.92. The number of aliphatic hydroxyl groups is 1. The van der Waals surface area contributed by atoms with Gasteiger partial charge in [0.2, 0.25) is 0 Å². The van der Waals surface area contributed by atoms with E-state index in [2.05, 4.69) is 26.0 Å². The molecule has 0 rings (SSSR count). The van der Waals surface area contributed by atoms with Crippen LogP contribution in [0.4, 0.5) is 0 Å². The molecule has 0 bridgehead atoms. The number of hydrogen-bond acceptors (Lipinski definition) is 3. The summed E-state index contributed by atoms with van der Waals surface area (Å²) in [6.07, 6.45) is 30.4. The molecular weight excluding hydrogens is 396 g/mol. The molecule has 1 unspecified atom stereocenters. The van der Waals surface area contributed by atoms with Crippen molar-refractivity contribution in [2.45, 2.75) is 148 Å². The van der Waals surface area contributed by atoms with Gasteiger partial charge in [-0.25, -0.2) is 0 Å². The van der Waals surface area contributed by atoms with Crippen LogP contribution in [-0.2, 0) is 9.47 Å². The van der Waals surface area contributed by atoms with E-state index in [-0.39, 0.29) is 0 Å². The molecule has 0 aromatic heterocycles. The molecule has 0 saturated heterocycles. The van der Waals surface area contributed by atoms with E-state index in [1.165, 1.54) is 116 Å². The van der Waals surface area contributed by atoms with Crippen LogP contribution in [0, 0.1) is 0 Å². The molecule has 0 amide bonds. The Bertz CT molecular complexity index is 356. The van der Waals surface area contributed by atoms with Gasteiger partial charge in [-0.2, -0.15) is 0 Å². The summed E-state index contributed by atoms with van der Waals surface area (Å²) >= 11 is 0. The van der Waals surface area contributed by atoms with E-state index in [0.717, 1.165) is 26.1 Å². The van der Waals surface area contributed by atoms with Crippen molar-refractivity contribution in [3.05, 3.63) is 12.2 Å². The third-order valence-electron chi connectivity index (χ3n) is 6.06. The summed E-state index contributed by atoms with van der Waals surface area (Å²) < 4.78 is 11.2. The highest BCUT2D eigenvalue weighted by atomic mass is 16.5. The largest absolute Gasteiger partial charge is 0.388 e. The Morgan fingerprint density at radius 1 is 0.500 bits per heavy atom. The zero-order chi connectivity index (χ0) is 23.4. The van der Waals surface area contributed by atoms with Gasteiger partial charge in [0.25, 0.3) is 0 Å². The van der Waals surface area contributed by atoms with Crippen LogP contribution in [0.1, 0.15) is 142 Å². The van der Waals surface area contributed by atoms with Crippen LogP contribution in [0.15, 0.2) is 12.2 Å². The Labute approximate surface area is 201 Å². The number of rotatable bonds is 27. The molecular formula is C29H58O3. The third-order valence-corrected chi connectivity index (χ3v) is 6.06. The van der Waals surface area contributed by atoms with E-state index in [4.69, 9.17) is 9.47 Å². The summed E-state index contributed by atoms with van der Waals surface area (Å²) in [7, 11) is 0. The maximum Gasteiger partial charge on any atom is 0.101 e. The molecule has 1 N–H and O–H groups in total. The zero-order valence-electron chi connectivity index (χ0n) is 22.0. The number of allylic oxidation sites excluding steroid dienone is 2. The van der Waals surface area contributed by atoms with Gasteiger partial charge in [-0.15, -0.1) is 0 Å². The molecule has 1 atom stereocenters. The van der Waals surface area contributed by atoms with E-state index in [0.29, 0.717) is 13.2 Å². The lowest BCUT2D eigenvalue weighted by Crippen LogP contribution is -2.22. The van der Waals surface area contributed by atoms with Crippen molar-refractivity contribution in [2.75, 3.05) is 26.4 Å². The smallest absolute Gasteiger partial charge is 0.101 e. The Balaban J connectivity index is 3.15. The highest BCUT2D eigenvalue weighted by Gasteiger charge is 2.04. The molecule has 0 aliphatic heterocycles. The molecule has 3 heteroatoms. The average molecular weight is 455 g/mol. The lowest BCUT2D eigenvalue weighted by molar-refractivity contribution is -0.0201. The van der Waals surface area contributed by atoms with Gasteiger partial charge < -0.3 is 14.6 Å². The predicted octanol–water partition coefficient (Wildman–Crippen LogP) is 8.78. The highest BCUT2D eigenvalue weighted by Crippen LogP contribution is 2.11. The van der Waals surface area contributed by atoms with Crippen LogP contribution >= 0.6 is 0 Å². The van der Waals surface area contributed by atoms with Gasteiger partial charge in [-0.3, -0.25) is 0 Å². The lowest BCUT2D eigenvalue weighted by atomic mass is 10.1. The summed E-state index contributed by atoms with van der Waals surface area (Å²) in [5, 5.41) is 9.90. The molecule has 0 aliphatic rings. The summed E-state index contributed by atoms with van der Waals surface area (Å²) in [6.45, 7) is 6.85. The maximum absolute atomic E-state index is 9.90. The van der Waals surface area contributed by atoms with E-state index in [1.807, 2.05) is 0 Å². The van der Waals surface area contributed by atoms with E-state index >= 15 is 0 Å². The van der Waals surface area contributed by atoms with Crippen LogP contribution < -0.4 is 0 Å². The molecule has 3 nitrogen and oxygen atoms in total. The van der Waals surface area contributed by atoms with E-state index in [1.54, 1.807) is 0 Å². The Kier molecular flexibility index (Phi) is 28.3. The second kappa shape index (κ2) is 28.7. The van der Waals surface area contributed by atoms with Crippen LogP contribution in [0.3, 0.4) is 0 Å². The monoisotopic (exact) mass is 454 g/mol. The van der Waals surface area contributed by atoms with E-state index < -0.39 is 6.10 Å². The highest BCUT2D eigenvalue weighted by molar-refractivity contribution is 4.81.